The Labute approximate surface area is 123 Å². The van der Waals surface area contributed by atoms with Gasteiger partial charge in [0, 0.05) is 20.2 Å². The quantitative estimate of drug-likeness (QED) is 0.546. The SMILES string of the molecule is CC.CCCCOCCNC(=O)OCC1=C=C=CC=C1.[HH]. The highest BCUT2D eigenvalue weighted by molar-refractivity contribution is 5.67. The monoisotopic (exact) mass is 281 g/mol. The Morgan fingerprint density at radius 3 is 2.85 bits per heavy atom. The molecule has 0 atom stereocenters. The second-order valence-corrected chi connectivity index (χ2v) is 3.79. The van der Waals surface area contributed by atoms with Crippen molar-refractivity contribution in [1.29, 1.82) is 0 Å². The first-order valence-corrected chi connectivity index (χ1v) is 7.18. The maximum atomic E-state index is 11.3. The fourth-order valence-electron chi connectivity index (χ4n) is 1.24. The molecule has 0 radical (unpaired) electrons. The van der Waals surface area contributed by atoms with Gasteiger partial charge in [-0.1, -0.05) is 44.7 Å². The molecule has 0 heterocycles. The lowest BCUT2D eigenvalue weighted by molar-refractivity contribution is 0.123. The number of allylic oxidation sites excluding steroid dienone is 2. The Hall–Kier alpha value is -1.73. The normalized spacial score (nSPS) is 11.4. The Morgan fingerprint density at radius 1 is 1.40 bits per heavy atom. The second-order valence-electron chi connectivity index (χ2n) is 3.79. The molecule has 0 unspecified atom stereocenters. The van der Waals surface area contributed by atoms with Gasteiger partial charge in [0.25, 0.3) is 0 Å². The number of rotatable bonds is 8. The molecule has 0 saturated heterocycles. The van der Waals surface area contributed by atoms with Gasteiger partial charge in [0.1, 0.15) is 6.61 Å². The molecule has 0 bridgehead atoms. The van der Waals surface area contributed by atoms with Gasteiger partial charge in [-0.15, -0.1) is 0 Å². The molecule has 0 aromatic heterocycles. The predicted octanol–water partition coefficient (Wildman–Crippen LogP) is 3.61. The zero-order valence-electron chi connectivity index (χ0n) is 12.7. The van der Waals surface area contributed by atoms with E-state index in [1.807, 2.05) is 26.0 Å². The number of hydrogen-bond acceptors (Lipinski definition) is 3. The van der Waals surface area contributed by atoms with Crippen molar-refractivity contribution in [2.45, 2.75) is 33.6 Å². The minimum atomic E-state index is -0.439. The molecule has 1 aliphatic rings. The predicted molar refractivity (Wildman–Crippen MR) is 82.8 cm³/mol. The summed E-state index contributed by atoms with van der Waals surface area (Å²) in [6.45, 7) is 8.03. The summed E-state index contributed by atoms with van der Waals surface area (Å²) in [5, 5.41) is 2.62. The lowest BCUT2D eigenvalue weighted by atomic mass is 10.2. The molecule has 1 N–H and O–H groups in total. The van der Waals surface area contributed by atoms with Crippen LogP contribution in [0.3, 0.4) is 0 Å². The third-order valence-corrected chi connectivity index (χ3v) is 2.23. The van der Waals surface area contributed by atoms with Crippen LogP contribution < -0.4 is 5.32 Å². The summed E-state index contributed by atoms with van der Waals surface area (Å²) in [5.74, 6) is 0. The van der Waals surface area contributed by atoms with E-state index < -0.39 is 6.09 Å². The highest BCUT2D eigenvalue weighted by atomic mass is 16.5. The number of alkyl carbamates (subject to hydrolysis) is 1. The molecule has 114 valence electrons. The minimum absolute atomic E-state index is 0. The summed E-state index contributed by atoms with van der Waals surface area (Å²) in [6.07, 6.45) is 7.13. The molecule has 4 heteroatoms. The molecule has 0 aliphatic heterocycles. The van der Waals surface area contributed by atoms with Crippen LogP contribution in [0, 0.1) is 0 Å². The van der Waals surface area contributed by atoms with Crippen LogP contribution in [-0.4, -0.2) is 32.5 Å². The van der Waals surface area contributed by atoms with E-state index in [1.54, 1.807) is 6.08 Å². The zero-order chi connectivity index (χ0) is 15.1. The first kappa shape index (κ1) is 18.3. The largest absolute Gasteiger partial charge is 0.444 e. The molecule has 1 rings (SSSR count). The van der Waals surface area contributed by atoms with E-state index in [1.165, 1.54) is 0 Å². The van der Waals surface area contributed by atoms with Crippen LogP contribution in [0.4, 0.5) is 4.79 Å². The second kappa shape index (κ2) is 13.7. The lowest BCUT2D eigenvalue weighted by Crippen LogP contribution is -2.28. The van der Waals surface area contributed by atoms with Crippen molar-refractivity contribution >= 4 is 6.09 Å². The number of unbranched alkanes of at least 4 members (excludes halogenated alkanes) is 1. The van der Waals surface area contributed by atoms with Crippen molar-refractivity contribution in [3.05, 3.63) is 35.3 Å². The Balaban J connectivity index is 0. The molecule has 20 heavy (non-hydrogen) atoms. The van der Waals surface area contributed by atoms with E-state index in [9.17, 15) is 4.79 Å². The maximum Gasteiger partial charge on any atom is 0.407 e. The van der Waals surface area contributed by atoms with Gasteiger partial charge in [0.2, 0.25) is 0 Å². The number of hydrogen-bond donors (Lipinski definition) is 1. The molecule has 0 aromatic rings. The van der Waals surface area contributed by atoms with Gasteiger partial charge in [-0.3, -0.25) is 0 Å². The molecule has 0 aromatic carbocycles. The van der Waals surface area contributed by atoms with Gasteiger partial charge >= 0.3 is 6.09 Å². The summed E-state index contributed by atoms with van der Waals surface area (Å²) in [7, 11) is 0. The van der Waals surface area contributed by atoms with E-state index in [4.69, 9.17) is 9.47 Å². The fourth-order valence-corrected chi connectivity index (χ4v) is 1.24. The van der Waals surface area contributed by atoms with Crippen LogP contribution in [0.25, 0.3) is 0 Å². The third kappa shape index (κ3) is 10.2. The van der Waals surface area contributed by atoms with Crippen LogP contribution in [0.1, 0.15) is 35.0 Å². The number of carbonyl (C=O) groups is 1. The Morgan fingerprint density at radius 2 is 2.20 bits per heavy atom. The number of nitrogens with one attached hydrogen (secondary N) is 1. The zero-order valence-corrected chi connectivity index (χ0v) is 12.7. The Kier molecular flexibility index (Phi) is 12.5. The van der Waals surface area contributed by atoms with E-state index in [2.05, 4.69) is 23.7 Å². The molecular formula is C16H27NO3. The van der Waals surface area contributed by atoms with E-state index >= 15 is 0 Å². The van der Waals surface area contributed by atoms with Crippen molar-refractivity contribution in [3.8, 4) is 0 Å². The third-order valence-electron chi connectivity index (χ3n) is 2.23. The van der Waals surface area contributed by atoms with E-state index in [0.717, 1.165) is 25.0 Å². The van der Waals surface area contributed by atoms with Gasteiger partial charge in [0.05, 0.1) is 6.61 Å². The number of carbonyl (C=O) groups excluding carboxylic acids is 1. The van der Waals surface area contributed by atoms with Crippen molar-refractivity contribution in [3.63, 3.8) is 0 Å². The van der Waals surface area contributed by atoms with Crippen molar-refractivity contribution in [1.82, 2.24) is 5.32 Å². The molecule has 4 nitrogen and oxygen atoms in total. The molecule has 0 fully saturated rings. The van der Waals surface area contributed by atoms with Crippen LogP contribution in [0.15, 0.2) is 35.3 Å². The van der Waals surface area contributed by atoms with E-state index in [0.29, 0.717) is 13.2 Å². The maximum absolute atomic E-state index is 11.3. The van der Waals surface area contributed by atoms with Crippen molar-refractivity contribution < 1.29 is 15.7 Å². The van der Waals surface area contributed by atoms with Gasteiger partial charge in [-0.2, -0.15) is 0 Å². The van der Waals surface area contributed by atoms with Crippen molar-refractivity contribution in [2.24, 2.45) is 0 Å². The van der Waals surface area contributed by atoms with Gasteiger partial charge in [-0.25, -0.2) is 4.79 Å². The standard InChI is InChI=1S/C14H19NO3.C2H6.H2/c1-2-3-10-17-11-9-15-14(16)18-12-13-7-5-4-6-8-13;1-2;/h4-5,7H,2-3,9-12H2,1H3,(H,15,16);1-2H3;1H. The van der Waals surface area contributed by atoms with Crippen LogP contribution in [0.5, 0.6) is 0 Å². The molecular weight excluding hydrogens is 254 g/mol. The summed E-state index contributed by atoms with van der Waals surface area (Å²) in [6, 6.07) is 0. The first-order chi connectivity index (χ1) is 9.83. The molecule has 1 aliphatic carbocycles. The van der Waals surface area contributed by atoms with Crippen LogP contribution in [0.2, 0.25) is 0 Å². The van der Waals surface area contributed by atoms with Crippen LogP contribution >= 0.6 is 0 Å². The summed E-state index contributed by atoms with van der Waals surface area (Å²) in [5.41, 5.74) is 6.46. The van der Waals surface area contributed by atoms with Crippen LogP contribution in [-0.2, 0) is 9.47 Å². The van der Waals surface area contributed by atoms with E-state index in [-0.39, 0.29) is 8.03 Å². The first-order valence-electron chi connectivity index (χ1n) is 7.18. The topological polar surface area (TPSA) is 47.6 Å². The molecule has 0 spiro atoms. The molecule has 1 amide bonds. The lowest BCUT2D eigenvalue weighted by Gasteiger charge is -2.07. The average Bonchev–Trinajstić information content (AvgIpc) is 2.52. The number of ether oxygens (including phenoxy) is 2. The van der Waals surface area contributed by atoms with Gasteiger partial charge in [-0.05, 0) is 18.6 Å². The highest BCUT2D eigenvalue weighted by Crippen LogP contribution is 1.99. The smallest absolute Gasteiger partial charge is 0.407 e. The highest BCUT2D eigenvalue weighted by Gasteiger charge is 2.02. The van der Waals surface area contributed by atoms with Gasteiger partial charge < -0.3 is 14.8 Å². The summed E-state index contributed by atoms with van der Waals surface area (Å²) >= 11 is 0. The van der Waals surface area contributed by atoms with Crippen molar-refractivity contribution in [2.75, 3.05) is 26.4 Å². The Bertz CT molecular complexity index is 392. The van der Waals surface area contributed by atoms with Gasteiger partial charge in [0.15, 0.2) is 0 Å². The minimum Gasteiger partial charge on any atom is -0.444 e. The fraction of sp³-hybridized carbons (Fsp3) is 0.562. The summed E-state index contributed by atoms with van der Waals surface area (Å²) in [4.78, 5) is 11.3. The average molecular weight is 281 g/mol. The number of amides is 1. The summed E-state index contributed by atoms with van der Waals surface area (Å²) < 4.78 is 10.3. The molecule has 0 saturated carbocycles.